The molecule has 0 aliphatic heterocycles. The van der Waals surface area contributed by atoms with Crippen molar-refractivity contribution in [3.05, 3.63) is 66.5 Å². The Bertz CT molecular complexity index is 1780. The van der Waals surface area contributed by atoms with E-state index in [1.54, 1.807) is 6.20 Å². The number of aromatic amines is 2. The van der Waals surface area contributed by atoms with Gasteiger partial charge in [0.05, 0.1) is 34.5 Å². The highest BCUT2D eigenvalue weighted by Gasteiger charge is 2.17. The highest BCUT2D eigenvalue weighted by atomic mass is 19.1. The molecular formula is C28H28FN9. The molecule has 0 saturated carbocycles. The third kappa shape index (κ3) is 4.28. The predicted octanol–water partition coefficient (Wildman–Crippen LogP) is 4.99. The smallest absolute Gasteiger partial charge is 0.135 e. The van der Waals surface area contributed by atoms with Crippen LogP contribution in [0.25, 0.3) is 56.0 Å². The van der Waals surface area contributed by atoms with Crippen LogP contribution in [0.4, 0.5) is 10.1 Å². The van der Waals surface area contributed by atoms with E-state index < -0.39 is 0 Å². The minimum Gasteiger partial charge on any atom is -0.384 e. The van der Waals surface area contributed by atoms with Gasteiger partial charge in [-0.2, -0.15) is 5.10 Å². The molecule has 0 amide bonds. The van der Waals surface area contributed by atoms with E-state index in [1.165, 1.54) is 12.1 Å². The standard InChI is InChI=1S/C28H28FN9/c1-16-32-15-25(38(16)4)22-5-6-23-27(34-22)28(36-35-23)24-14-20-21(33-24)7-8-31-26(20)17-11-18(29)13-19(12-17)30-9-10-37(2)3/h5-8,11-15,30,33H,9-10H2,1-4H3,(H,35,36). The molecule has 0 radical (unpaired) electrons. The fraction of sp³-hybridized carbons (Fsp3) is 0.214. The molecule has 192 valence electrons. The molecule has 9 nitrogen and oxygen atoms in total. The lowest BCUT2D eigenvalue weighted by Gasteiger charge is -2.12. The van der Waals surface area contributed by atoms with E-state index in [1.807, 2.05) is 69.2 Å². The SMILES string of the molecule is Cc1ncc(-c2ccc3[nH]nc(-c4cc5c(-c6cc(F)cc(NCCN(C)C)c6)nccc5[nH]4)c3n2)n1C. The van der Waals surface area contributed by atoms with Gasteiger partial charge < -0.3 is 19.8 Å². The number of nitrogens with one attached hydrogen (secondary N) is 3. The van der Waals surface area contributed by atoms with Gasteiger partial charge in [-0.05, 0) is 63.5 Å². The van der Waals surface area contributed by atoms with Crippen molar-refractivity contribution in [2.75, 3.05) is 32.5 Å². The molecule has 0 saturated heterocycles. The Hall–Kier alpha value is -4.57. The summed E-state index contributed by atoms with van der Waals surface area (Å²) in [5.74, 6) is 0.600. The molecule has 0 spiro atoms. The van der Waals surface area contributed by atoms with Crippen molar-refractivity contribution in [2.45, 2.75) is 6.92 Å². The molecule has 5 aromatic heterocycles. The van der Waals surface area contributed by atoms with E-state index in [9.17, 15) is 4.39 Å². The first-order valence-electron chi connectivity index (χ1n) is 12.4. The number of likely N-dealkylation sites (N-methyl/N-ethyl adjacent to an activating group) is 1. The minimum absolute atomic E-state index is 0.315. The minimum atomic E-state index is -0.315. The Labute approximate surface area is 218 Å². The first-order valence-corrected chi connectivity index (χ1v) is 12.4. The molecular weight excluding hydrogens is 481 g/mol. The zero-order chi connectivity index (χ0) is 26.4. The van der Waals surface area contributed by atoms with Gasteiger partial charge in [0.15, 0.2) is 0 Å². The lowest BCUT2D eigenvalue weighted by Crippen LogP contribution is -2.20. The summed E-state index contributed by atoms with van der Waals surface area (Å²) in [7, 11) is 5.98. The first kappa shape index (κ1) is 23.8. The molecule has 0 atom stereocenters. The third-order valence-corrected chi connectivity index (χ3v) is 6.75. The van der Waals surface area contributed by atoms with Gasteiger partial charge in [-0.3, -0.25) is 10.1 Å². The van der Waals surface area contributed by atoms with E-state index in [2.05, 4.69) is 35.4 Å². The van der Waals surface area contributed by atoms with Crippen LogP contribution >= 0.6 is 0 Å². The second kappa shape index (κ2) is 9.38. The number of anilines is 1. The van der Waals surface area contributed by atoms with E-state index in [0.29, 0.717) is 23.5 Å². The molecule has 0 bridgehead atoms. The summed E-state index contributed by atoms with van der Waals surface area (Å²) in [5, 5.41) is 11.8. The number of fused-ring (bicyclic) bond motifs is 2. The number of imidazole rings is 1. The molecule has 5 heterocycles. The molecule has 38 heavy (non-hydrogen) atoms. The molecule has 0 aliphatic carbocycles. The van der Waals surface area contributed by atoms with E-state index in [4.69, 9.17) is 4.98 Å². The van der Waals surface area contributed by atoms with Crippen molar-refractivity contribution in [1.82, 2.24) is 39.6 Å². The summed E-state index contributed by atoms with van der Waals surface area (Å²) >= 11 is 0. The van der Waals surface area contributed by atoms with Gasteiger partial charge in [0.2, 0.25) is 0 Å². The average molecular weight is 510 g/mol. The van der Waals surface area contributed by atoms with Crippen LogP contribution in [0.5, 0.6) is 0 Å². The lowest BCUT2D eigenvalue weighted by atomic mass is 10.1. The Balaban J connectivity index is 1.41. The van der Waals surface area contributed by atoms with Crippen molar-refractivity contribution in [2.24, 2.45) is 7.05 Å². The molecule has 1 aromatic carbocycles. The molecule has 10 heteroatoms. The van der Waals surface area contributed by atoms with E-state index in [-0.39, 0.29) is 5.82 Å². The van der Waals surface area contributed by atoms with E-state index in [0.717, 1.165) is 57.1 Å². The van der Waals surface area contributed by atoms with Crippen LogP contribution in [0.3, 0.4) is 0 Å². The normalized spacial score (nSPS) is 11.7. The number of halogens is 1. The summed E-state index contributed by atoms with van der Waals surface area (Å²) in [6.45, 7) is 3.51. The van der Waals surface area contributed by atoms with Crippen LogP contribution in [-0.4, -0.2) is 66.8 Å². The maximum absolute atomic E-state index is 14.6. The number of nitrogens with zero attached hydrogens (tertiary/aromatic N) is 6. The van der Waals surface area contributed by atoms with Gasteiger partial charge in [0.1, 0.15) is 22.9 Å². The summed E-state index contributed by atoms with van der Waals surface area (Å²) in [4.78, 5) is 19.5. The predicted molar refractivity (Wildman–Crippen MR) is 148 cm³/mol. The topological polar surface area (TPSA) is 103 Å². The number of hydrogen-bond acceptors (Lipinski definition) is 6. The molecule has 0 aliphatic rings. The monoisotopic (exact) mass is 509 g/mol. The highest BCUT2D eigenvalue weighted by molar-refractivity contribution is 5.99. The Morgan fingerprint density at radius 3 is 2.68 bits per heavy atom. The van der Waals surface area contributed by atoms with Crippen molar-refractivity contribution >= 4 is 27.6 Å². The molecule has 0 unspecified atom stereocenters. The fourth-order valence-corrected chi connectivity index (χ4v) is 4.63. The maximum Gasteiger partial charge on any atom is 0.135 e. The Kier molecular flexibility index (Phi) is 5.88. The summed E-state index contributed by atoms with van der Waals surface area (Å²) in [6, 6.07) is 12.8. The molecule has 6 aromatic rings. The van der Waals surface area contributed by atoms with Gasteiger partial charge in [-0.25, -0.2) is 14.4 Å². The van der Waals surface area contributed by atoms with Crippen molar-refractivity contribution in [3.8, 4) is 34.0 Å². The Morgan fingerprint density at radius 1 is 1.03 bits per heavy atom. The van der Waals surface area contributed by atoms with Crippen LogP contribution < -0.4 is 5.32 Å². The number of rotatable bonds is 7. The summed E-state index contributed by atoms with van der Waals surface area (Å²) < 4.78 is 16.6. The van der Waals surface area contributed by atoms with Crippen LogP contribution in [-0.2, 0) is 7.05 Å². The molecule has 6 rings (SSSR count). The quantitative estimate of drug-likeness (QED) is 0.280. The van der Waals surface area contributed by atoms with Gasteiger partial charge in [-0.1, -0.05) is 0 Å². The van der Waals surface area contributed by atoms with Crippen molar-refractivity contribution in [1.29, 1.82) is 0 Å². The number of H-pyrrole nitrogens is 2. The number of aryl methyl sites for hydroxylation is 1. The van der Waals surface area contributed by atoms with Crippen LogP contribution in [0, 0.1) is 12.7 Å². The van der Waals surface area contributed by atoms with Crippen LogP contribution in [0.15, 0.2) is 54.9 Å². The van der Waals surface area contributed by atoms with Gasteiger partial charge in [0.25, 0.3) is 0 Å². The fourth-order valence-electron chi connectivity index (χ4n) is 4.63. The van der Waals surface area contributed by atoms with Crippen molar-refractivity contribution < 1.29 is 4.39 Å². The summed E-state index contributed by atoms with van der Waals surface area (Å²) in [6.07, 6.45) is 3.55. The zero-order valence-corrected chi connectivity index (χ0v) is 21.7. The molecule has 0 fully saturated rings. The average Bonchev–Trinajstić information content (AvgIpc) is 3.59. The number of aromatic nitrogens is 7. The van der Waals surface area contributed by atoms with Gasteiger partial charge in [0, 0.05) is 48.5 Å². The van der Waals surface area contributed by atoms with Crippen LogP contribution in [0.2, 0.25) is 0 Å². The van der Waals surface area contributed by atoms with Crippen molar-refractivity contribution in [3.63, 3.8) is 0 Å². The number of pyridine rings is 2. The first-order chi connectivity index (χ1) is 18.4. The zero-order valence-electron chi connectivity index (χ0n) is 21.7. The second-order valence-corrected chi connectivity index (χ2v) is 9.68. The van der Waals surface area contributed by atoms with E-state index >= 15 is 0 Å². The summed E-state index contributed by atoms with van der Waals surface area (Å²) in [5.41, 5.74) is 7.82. The van der Waals surface area contributed by atoms with Gasteiger partial charge in [-0.15, -0.1) is 0 Å². The highest BCUT2D eigenvalue weighted by Crippen LogP contribution is 2.34. The largest absolute Gasteiger partial charge is 0.384 e. The number of benzene rings is 1. The maximum atomic E-state index is 14.6. The Morgan fingerprint density at radius 2 is 1.89 bits per heavy atom. The lowest BCUT2D eigenvalue weighted by molar-refractivity contribution is 0.425. The number of hydrogen-bond donors (Lipinski definition) is 3. The third-order valence-electron chi connectivity index (χ3n) is 6.75. The second-order valence-electron chi connectivity index (χ2n) is 9.68. The molecule has 3 N–H and O–H groups in total. The van der Waals surface area contributed by atoms with Crippen LogP contribution in [0.1, 0.15) is 5.82 Å². The van der Waals surface area contributed by atoms with Gasteiger partial charge >= 0.3 is 0 Å².